The summed E-state index contributed by atoms with van der Waals surface area (Å²) in [4.78, 5) is 28.6. The number of carbonyl (C=O) groups excluding carboxylic acids is 1. The predicted molar refractivity (Wildman–Crippen MR) is 90.4 cm³/mol. The van der Waals surface area contributed by atoms with E-state index in [2.05, 4.69) is 10.3 Å². The molecular formula is C16H17F2N3O3S. The Morgan fingerprint density at radius 2 is 2.00 bits per heavy atom. The van der Waals surface area contributed by atoms with Crippen LogP contribution in [0.25, 0.3) is 11.3 Å². The average Bonchev–Trinajstić information content (AvgIpc) is 2.97. The van der Waals surface area contributed by atoms with Crippen molar-refractivity contribution in [2.45, 2.75) is 19.9 Å². The van der Waals surface area contributed by atoms with Gasteiger partial charge in [-0.25, -0.2) is 13.8 Å². The maximum atomic E-state index is 13.3. The molecule has 0 fully saturated rings. The Morgan fingerprint density at radius 1 is 1.28 bits per heavy atom. The smallest absolute Gasteiger partial charge is 0.317 e. The van der Waals surface area contributed by atoms with E-state index in [1.807, 2.05) is 0 Å². The molecule has 0 saturated carbocycles. The number of nitrogens with zero attached hydrogens (tertiary/aromatic N) is 2. The summed E-state index contributed by atoms with van der Waals surface area (Å²) in [5, 5.41) is 13.4. The van der Waals surface area contributed by atoms with Gasteiger partial charge in [-0.1, -0.05) is 0 Å². The zero-order chi connectivity index (χ0) is 18.6. The van der Waals surface area contributed by atoms with Crippen LogP contribution in [0, 0.1) is 11.6 Å². The minimum atomic E-state index is -1.02. The molecule has 25 heavy (non-hydrogen) atoms. The van der Waals surface area contributed by atoms with Crippen LogP contribution < -0.4 is 5.32 Å². The molecule has 1 heterocycles. The highest BCUT2D eigenvalue weighted by Crippen LogP contribution is 2.26. The number of benzene rings is 1. The predicted octanol–water partition coefficient (Wildman–Crippen LogP) is 2.82. The Bertz CT molecular complexity index is 780. The van der Waals surface area contributed by atoms with Crippen molar-refractivity contribution < 1.29 is 23.5 Å². The summed E-state index contributed by atoms with van der Waals surface area (Å²) in [6.07, 6.45) is 0. The molecule has 0 aliphatic carbocycles. The summed E-state index contributed by atoms with van der Waals surface area (Å²) in [6.45, 7) is 3.24. The van der Waals surface area contributed by atoms with Crippen LogP contribution in [-0.2, 0) is 9.59 Å². The lowest BCUT2D eigenvalue weighted by Gasteiger charge is -2.23. The molecule has 1 aromatic carbocycles. The Balaban J connectivity index is 2.03. The molecule has 0 spiro atoms. The van der Waals surface area contributed by atoms with Crippen molar-refractivity contribution in [3.8, 4) is 11.3 Å². The molecule has 0 saturated heterocycles. The van der Waals surface area contributed by atoms with Gasteiger partial charge < -0.3 is 10.4 Å². The Kier molecular flexibility index (Phi) is 6.16. The van der Waals surface area contributed by atoms with E-state index in [1.54, 1.807) is 19.2 Å². The number of nitrogens with one attached hydrogen (secondary N) is 1. The number of aromatic nitrogens is 1. The Morgan fingerprint density at radius 3 is 2.60 bits per heavy atom. The highest BCUT2D eigenvalue weighted by atomic mass is 32.1. The highest BCUT2D eigenvalue weighted by molar-refractivity contribution is 7.14. The molecule has 0 aliphatic rings. The number of hydrogen-bond donors (Lipinski definition) is 2. The topological polar surface area (TPSA) is 82.5 Å². The minimum Gasteiger partial charge on any atom is -0.480 e. The van der Waals surface area contributed by atoms with Gasteiger partial charge in [0.15, 0.2) is 16.8 Å². The van der Waals surface area contributed by atoms with Crippen LogP contribution in [0.4, 0.5) is 13.9 Å². The third-order valence-electron chi connectivity index (χ3n) is 3.38. The number of rotatable bonds is 7. The molecule has 2 N–H and O–H groups in total. The molecule has 1 aromatic heterocycles. The highest BCUT2D eigenvalue weighted by Gasteiger charge is 2.18. The van der Waals surface area contributed by atoms with Gasteiger partial charge >= 0.3 is 5.97 Å². The normalized spacial score (nSPS) is 11.1. The first-order chi connectivity index (χ1) is 11.8. The largest absolute Gasteiger partial charge is 0.480 e. The van der Waals surface area contributed by atoms with E-state index in [0.717, 1.165) is 23.5 Å². The molecule has 1 amide bonds. The van der Waals surface area contributed by atoms with E-state index in [-0.39, 0.29) is 19.1 Å². The lowest BCUT2D eigenvalue weighted by Crippen LogP contribution is -2.41. The number of anilines is 1. The zero-order valence-electron chi connectivity index (χ0n) is 13.6. The number of carboxylic acids is 1. The first kappa shape index (κ1) is 18.9. The number of hydrogen-bond acceptors (Lipinski definition) is 5. The summed E-state index contributed by atoms with van der Waals surface area (Å²) in [5.74, 6) is -3.34. The quantitative estimate of drug-likeness (QED) is 0.784. The van der Waals surface area contributed by atoms with Gasteiger partial charge in [0.25, 0.3) is 0 Å². The van der Waals surface area contributed by atoms with Crippen molar-refractivity contribution in [3.63, 3.8) is 0 Å². The van der Waals surface area contributed by atoms with Crippen LogP contribution in [0.15, 0.2) is 23.6 Å². The zero-order valence-corrected chi connectivity index (χ0v) is 14.4. The summed E-state index contributed by atoms with van der Waals surface area (Å²) >= 11 is 1.14. The van der Waals surface area contributed by atoms with Gasteiger partial charge in [-0.05, 0) is 32.0 Å². The van der Waals surface area contributed by atoms with Gasteiger partial charge in [-0.15, -0.1) is 11.3 Å². The van der Waals surface area contributed by atoms with Gasteiger partial charge in [-0.2, -0.15) is 0 Å². The summed E-state index contributed by atoms with van der Waals surface area (Å²) in [7, 11) is 0. The second kappa shape index (κ2) is 8.13. The van der Waals surface area contributed by atoms with Gasteiger partial charge in [0.05, 0.1) is 18.8 Å². The Labute approximate surface area is 147 Å². The van der Waals surface area contributed by atoms with Crippen molar-refractivity contribution in [1.29, 1.82) is 0 Å². The van der Waals surface area contributed by atoms with E-state index >= 15 is 0 Å². The molecule has 2 rings (SSSR count). The van der Waals surface area contributed by atoms with Gasteiger partial charge in [0.1, 0.15) is 0 Å². The molecule has 0 bridgehead atoms. The fourth-order valence-corrected chi connectivity index (χ4v) is 2.79. The average molecular weight is 369 g/mol. The van der Waals surface area contributed by atoms with Crippen molar-refractivity contribution in [1.82, 2.24) is 9.88 Å². The maximum Gasteiger partial charge on any atom is 0.317 e. The molecule has 6 nitrogen and oxygen atoms in total. The first-order valence-corrected chi connectivity index (χ1v) is 8.31. The monoisotopic (exact) mass is 369 g/mol. The third kappa shape index (κ3) is 5.30. The Hall–Kier alpha value is -2.39. The summed E-state index contributed by atoms with van der Waals surface area (Å²) in [5.41, 5.74) is 0.802. The van der Waals surface area contributed by atoms with Crippen molar-refractivity contribution in [2.75, 3.05) is 18.4 Å². The van der Waals surface area contributed by atoms with Gasteiger partial charge in [-0.3, -0.25) is 14.5 Å². The van der Waals surface area contributed by atoms with E-state index in [0.29, 0.717) is 16.4 Å². The van der Waals surface area contributed by atoms with Crippen LogP contribution in [0.1, 0.15) is 13.8 Å². The molecule has 2 aromatic rings. The van der Waals surface area contributed by atoms with Crippen molar-refractivity contribution >= 4 is 28.3 Å². The van der Waals surface area contributed by atoms with E-state index in [1.165, 1.54) is 11.0 Å². The van der Waals surface area contributed by atoms with E-state index in [9.17, 15) is 18.4 Å². The van der Waals surface area contributed by atoms with Crippen LogP contribution in [-0.4, -0.2) is 46.0 Å². The molecule has 9 heteroatoms. The van der Waals surface area contributed by atoms with E-state index < -0.39 is 23.5 Å². The first-order valence-electron chi connectivity index (χ1n) is 7.43. The second-order valence-corrected chi connectivity index (χ2v) is 6.47. The fraction of sp³-hybridized carbons (Fsp3) is 0.312. The van der Waals surface area contributed by atoms with Crippen LogP contribution in [0.2, 0.25) is 0 Å². The van der Waals surface area contributed by atoms with Crippen molar-refractivity contribution in [3.05, 3.63) is 35.2 Å². The standard InChI is InChI=1S/C16H17F2N3O3S/c1-9(2)21(7-15(23)24)6-14(22)20-16-19-13(8-25-16)10-3-4-11(17)12(18)5-10/h3-5,8-9H,6-7H2,1-2H3,(H,23,24)(H,19,20,22). The molecule has 0 unspecified atom stereocenters. The molecule has 0 atom stereocenters. The number of aliphatic carboxylic acids is 1. The second-order valence-electron chi connectivity index (χ2n) is 5.61. The SMILES string of the molecule is CC(C)N(CC(=O)O)CC(=O)Nc1nc(-c2ccc(F)c(F)c2)cs1. The number of thiazole rings is 1. The van der Waals surface area contributed by atoms with E-state index in [4.69, 9.17) is 5.11 Å². The number of carboxylic acid groups (broad SMARTS) is 1. The number of halogens is 2. The lowest BCUT2D eigenvalue weighted by atomic mass is 10.2. The van der Waals surface area contributed by atoms with Crippen LogP contribution in [0.3, 0.4) is 0 Å². The number of amides is 1. The van der Waals surface area contributed by atoms with Crippen LogP contribution in [0.5, 0.6) is 0 Å². The summed E-state index contributed by atoms with van der Waals surface area (Å²) in [6, 6.07) is 3.32. The van der Waals surface area contributed by atoms with Crippen LogP contribution >= 0.6 is 11.3 Å². The summed E-state index contributed by atoms with van der Waals surface area (Å²) < 4.78 is 26.3. The molecule has 0 radical (unpaired) electrons. The number of carbonyl (C=O) groups is 2. The molecule has 134 valence electrons. The molecular weight excluding hydrogens is 352 g/mol. The lowest BCUT2D eigenvalue weighted by molar-refractivity contribution is -0.139. The third-order valence-corrected chi connectivity index (χ3v) is 4.14. The molecule has 0 aliphatic heterocycles. The minimum absolute atomic E-state index is 0.0932. The van der Waals surface area contributed by atoms with Gasteiger partial charge in [0.2, 0.25) is 5.91 Å². The maximum absolute atomic E-state index is 13.3. The fourth-order valence-electron chi connectivity index (χ4n) is 2.06. The van der Waals surface area contributed by atoms with Crippen molar-refractivity contribution in [2.24, 2.45) is 0 Å². The van der Waals surface area contributed by atoms with Gasteiger partial charge in [0, 0.05) is 17.0 Å².